The minimum Gasteiger partial charge on any atom is -0.339 e. The van der Waals surface area contributed by atoms with Gasteiger partial charge >= 0.3 is 0 Å². The number of rotatable bonds is 2. The highest BCUT2D eigenvalue weighted by Crippen LogP contribution is 2.60. The Morgan fingerprint density at radius 2 is 1.22 bits per heavy atom. The summed E-state index contributed by atoms with van der Waals surface area (Å²) in [5.41, 5.74) is -0.869. The molecule has 27 heavy (non-hydrogen) atoms. The fourth-order valence-electron chi connectivity index (χ4n) is 7.48. The average molecular weight is 370 g/mol. The first-order chi connectivity index (χ1) is 13.0. The van der Waals surface area contributed by atoms with Crippen molar-refractivity contribution in [2.75, 3.05) is 26.2 Å². The summed E-state index contributed by atoms with van der Waals surface area (Å²) in [5.74, 6) is 2.73. The molecule has 5 heteroatoms. The summed E-state index contributed by atoms with van der Waals surface area (Å²) in [7, 11) is 0. The average Bonchev–Trinajstić information content (AvgIpc) is 3.16. The maximum absolute atomic E-state index is 13.5. The van der Waals surface area contributed by atoms with Gasteiger partial charge < -0.3 is 9.80 Å². The first-order valence-corrected chi connectivity index (χ1v) is 11.0. The van der Waals surface area contributed by atoms with Crippen LogP contribution in [0.1, 0.15) is 64.2 Å². The molecule has 0 unspecified atom stereocenters. The number of hydrogen-bond acceptors (Lipinski definition) is 3. The van der Waals surface area contributed by atoms with Crippen LogP contribution in [0.25, 0.3) is 0 Å². The van der Waals surface area contributed by atoms with Crippen LogP contribution in [0.4, 0.5) is 0 Å². The Kier molecular flexibility index (Phi) is 4.04. The maximum atomic E-state index is 13.5. The van der Waals surface area contributed by atoms with E-state index in [1.807, 2.05) is 9.80 Å². The topological polar surface area (TPSA) is 64.4 Å². The summed E-state index contributed by atoms with van der Waals surface area (Å²) in [4.78, 5) is 30.3. The van der Waals surface area contributed by atoms with Crippen molar-refractivity contribution in [1.82, 2.24) is 9.80 Å². The van der Waals surface area contributed by atoms with E-state index in [4.69, 9.17) is 0 Å². The van der Waals surface area contributed by atoms with Crippen molar-refractivity contribution >= 4 is 11.8 Å². The molecule has 0 aromatic carbocycles. The van der Waals surface area contributed by atoms with Gasteiger partial charge in [-0.3, -0.25) is 9.59 Å². The number of carbonyl (C=O) groups is 2. The molecule has 5 nitrogen and oxygen atoms in total. The molecular formula is C22H31N3O2. The molecular weight excluding hydrogens is 338 g/mol. The minimum atomic E-state index is -0.786. The normalized spacial score (nSPS) is 39.4. The highest BCUT2D eigenvalue weighted by molar-refractivity contribution is 5.87. The molecule has 0 spiro atoms. The number of nitrogens with zero attached hydrogens (tertiary/aromatic N) is 3. The van der Waals surface area contributed by atoms with E-state index in [1.165, 1.54) is 19.3 Å². The first-order valence-electron chi connectivity index (χ1n) is 11.0. The van der Waals surface area contributed by atoms with Gasteiger partial charge in [0.05, 0.1) is 11.5 Å². The van der Waals surface area contributed by atoms with Gasteiger partial charge in [-0.2, -0.15) is 5.26 Å². The summed E-state index contributed by atoms with van der Waals surface area (Å²) >= 11 is 0. The molecule has 146 valence electrons. The van der Waals surface area contributed by atoms with Gasteiger partial charge in [-0.15, -0.1) is 0 Å². The van der Waals surface area contributed by atoms with Crippen molar-refractivity contribution in [2.24, 2.45) is 28.6 Å². The van der Waals surface area contributed by atoms with Crippen molar-refractivity contribution in [3.8, 4) is 6.07 Å². The van der Waals surface area contributed by atoms with Gasteiger partial charge in [0.1, 0.15) is 5.41 Å². The van der Waals surface area contributed by atoms with Crippen LogP contribution in [0.3, 0.4) is 0 Å². The highest BCUT2D eigenvalue weighted by Gasteiger charge is 2.56. The lowest BCUT2D eigenvalue weighted by molar-refractivity contribution is -0.161. The van der Waals surface area contributed by atoms with Gasteiger partial charge in [0.25, 0.3) is 0 Å². The van der Waals surface area contributed by atoms with E-state index in [0.717, 1.165) is 49.9 Å². The lowest BCUT2D eigenvalue weighted by atomic mass is 9.49. The quantitative estimate of drug-likeness (QED) is 0.752. The van der Waals surface area contributed by atoms with Gasteiger partial charge in [0.2, 0.25) is 11.8 Å². The van der Waals surface area contributed by atoms with Gasteiger partial charge in [-0.1, -0.05) is 12.8 Å². The van der Waals surface area contributed by atoms with Crippen LogP contribution >= 0.6 is 0 Å². The van der Waals surface area contributed by atoms with E-state index in [2.05, 4.69) is 6.07 Å². The Balaban J connectivity index is 1.24. The molecule has 5 saturated carbocycles. The van der Waals surface area contributed by atoms with E-state index in [0.29, 0.717) is 44.9 Å². The highest BCUT2D eigenvalue weighted by atomic mass is 16.2. The lowest BCUT2D eigenvalue weighted by Crippen LogP contribution is -2.59. The fourth-order valence-corrected chi connectivity index (χ4v) is 7.48. The molecule has 6 aliphatic rings. The summed E-state index contributed by atoms with van der Waals surface area (Å²) in [6.07, 6.45) is 10.7. The third kappa shape index (κ3) is 2.70. The number of carbonyl (C=O) groups excluding carboxylic acids is 2. The number of hydrogen-bond donors (Lipinski definition) is 0. The fraction of sp³-hybridized carbons (Fsp3) is 0.864. The standard InChI is InChI=1S/C22H31N3O2/c23-15-21(3-1-2-4-21)19(26)24-5-7-25(8-6-24)20(27)22-12-16-9-17(13-22)11-18(10-16)14-22/h16-18H,1-14H2. The third-order valence-corrected chi connectivity index (χ3v) is 8.43. The van der Waals surface area contributed by atoms with Crippen molar-refractivity contribution in [3.63, 3.8) is 0 Å². The smallest absolute Gasteiger partial charge is 0.243 e. The first kappa shape index (κ1) is 17.5. The number of amides is 2. The van der Waals surface area contributed by atoms with Crippen molar-refractivity contribution in [3.05, 3.63) is 0 Å². The predicted octanol–water partition coefficient (Wildman–Crippen LogP) is 2.96. The third-order valence-electron chi connectivity index (χ3n) is 8.43. The molecule has 6 fully saturated rings. The number of piperazine rings is 1. The van der Waals surface area contributed by atoms with Crippen LogP contribution in [-0.4, -0.2) is 47.8 Å². The molecule has 0 aromatic rings. The second-order valence-corrected chi connectivity index (χ2v) is 10.2. The minimum absolute atomic E-state index is 0.0180. The Hall–Kier alpha value is -1.57. The Morgan fingerprint density at radius 3 is 1.67 bits per heavy atom. The van der Waals surface area contributed by atoms with E-state index < -0.39 is 5.41 Å². The number of nitriles is 1. The summed E-state index contributed by atoms with van der Waals surface area (Å²) in [5, 5.41) is 9.59. The molecule has 0 N–H and O–H groups in total. The van der Waals surface area contributed by atoms with Crippen LogP contribution < -0.4 is 0 Å². The van der Waals surface area contributed by atoms with E-state index in [-0.39, 0.29) is 11.3 Å². The lowest BCUT2D eigenvalue weighted by Gasteiger charge is -2.57. The zero-order valence-corrected chi connectivity index (χ0v) is 16.3. The molecule has 2 amide bonds. The second kappa shape index (κ2) is 6.22. The Labute approximate surface area is 162 Å². The zero-order chi connectivity index (χ0) is 18.6. The van der Waals surface area contributed by atoms with Crippen LogP contribution in [0.2, 0.25) is 0 Å². The van der Waals surface area contributed by atoms with E-state index in [9.17, 15) is 14.9 Å². The Morgan fingerprint density at radius 1 is 0.778 bits per heavy atom. The van der Waals surface area contributed by atoms with Gasteiger partial charge in [0, 0.05) is 26.2 Å². The van der Waals surface area contributed by atoms with Crippen molar-refractivity contribution in [2.45, 2.75) is 64.2 Å². The zero-order valence-electron chi connectivity index (χ0n) is 16.3. The summed E-state index contributed by atoms with van der Waals surface area (Å²) in [6, 6.07) is 2.33. The molecule has 5 aliphatic carbocycles. The molecule has 6 rings (SSSR count). The van der Waals surface area contributed by atoms with E-state index >= 15 is 0 Å². The summed E-state index contributed by atoms with van der Waals surface area (Å²) in [6.45, 7) is 2.49. The van der Waals surface area contributed by atoms with Crippen LogP contribution in [0, 0.1) is 39.9 Å². The van der Waals surface area contributed by atoms with Crippen molar-refractivity contribution in [1.29, 1.82) is 5.26 Å². The molecule has 0 atom stereocenters. The van der Waals surface area contributed by atoms with Gasteiger partial charge in [-0.05, 0) is 69.1 Å². The molecule has 1 aliphatic heterocycles. The SMILES string of the molecule is N#CC1(C(=O)N2CCN(C(=O)C34CC5CC(CC(C5)C3)C4)CC2)CCCC1. The maximum Gasteiger partial charge on any atom is 0.243 e. The molecule has 1 heterocycles. The van der Waals surface area contributed by atoms with E-state index in [1.54, 1.807) is 0 Å². The predicted molar refractivity (Wildman–Crippen MR) is 100 cm³/mol. The van der Waals surface area contributed by atoms with Crippen molar-refractivity contribution < 1.29 is 9.59 Å². The Bertz CT molecular complexity index is 645. The monoisotopic (exact) mass is 369 g/mol. The molecule has 0 aromatic heterocycles. The molecule has 4 bridgehead atoms. The van der Waals surface area contributed by atoms with Gasteiger partial charge in [-0.25, -0.2) is 0 Å². The molecule has 0 radical (unpaired) electrons. The largest absolute Gasteiger partial charge is 0.339 e. The van der Waals surface area contributed by atoms with Gasteiger partial charge in [0.15, 0.2) is 0 Å². The molecule has 1 saturated heterocycles. The summed E-state index contributed by atoms with van der Waals surface area (Å²) < 4.78 is 0. The van der Waals surface area contributed by atoms with Crippen LogP contribution in [0.5, 0.6) is 0 Å². The van der Waals surface area contributed by atoms with Crippen LogP contribution in [0.15, 0.2) is 0 Å². The second-order valence-electron chi connectivity index (χ2n) is 10.2. The van der Waals surface area contributed by atoms with Crippen LogP contribution in [-0.2, 0) is 9.59 Å².